The van der Waals surface area contributed by atoms with Crippen LogP contribution in [0.5, 0.6) is 11.5 Å². The lowest BCUT2D eigenvalue weighted by Crippen LogP contribution is -2.46. The van der Waals surface area contributed by atoms with E-state index in [9.17, 15) is 14.4 Å². The zero-order chi connectivity index (χ0) is 26.0. The van der Waals surface area contributed by atoms with Gasteiger partial charge in [-0.05, 0) is 38.5 Å². The molecule has 35 heavy (non-hydrogen) atoms. The number of rotatable bonds is 10. The number of hydrogen-bond donors (Lipinski definition) is 1. The summed E-state index contributed by atoms with van der Waals surface area (Å²) in [6, 6.07) is 0.553. The highest BCUT2D eigenvalue weighted by Gasteiger charge is 2.36. The van der Waals surface area contributed by atoms with Gasteiger partial charge >= 0.3 is 11.9 Å². The van der Waals surface area contributed by atoms with Gasteiger partial charge in [-0.1, -0.05) is 20.8 Å². The van der Waals surface area contributed by atoms with Crippen LogP contribution in [0.3, 0.4) is 0 Å². The molecule has 1 aliphatic rings. The number of carbonyl (C=O) groups is 3. The lowest BCUT2D eigenvalue weighted by molar-refractivity contribution is -0.168. The maximum absolute atomic E-state index is 13.1. The minimum Gasteiger partial charge on any atom is -0.493 e. The van der Waals surface area contributed by atoms with Crippen molar-refractivity contribution in [3.05, 3.63) is 18.0 Å². The smallest absolute Gasteiger partial charge is 0.329 e. The molecule has 1 fully saturated rings. The number of amides is 1. The second-order valence-corrected chi connectivity index (χ2v) is 8.98. The largest absolute Gasteiger partial charge is 0.493 e. The predicted molar refractivity (Wildman–Crippen MR) is 127 cm³/mol. The van der Waals surface area contributed by atoms with Crippen LogP contribution in [0.1, 0.15) is 70.8 Å². The van der Waals surface area contributed by atoms with Gasteiger partial charge in [0, 0.05) is 32.4 Å². The van der Waals surface area contributed by atoms with E-state index in [1.807, 2.05) is 6.92 Å². The highest BCUT2D eigenvalue weighted by atomic mass is 16.6. The van der Waals surface area contributed by atoms with Crippen molar-refractivity contribution in [2.45, 2.75) is 84.7 Å². The third-order valence-corrected chi connectivity index (χ3v) is 5.41. The van der Waals surface area contributed by atoms with Gasteiger partial charge in [-0.25, -0.2) is 9.78 Å². The zero-order valence-corrected chi connectivity index (χ0v) is 21.5. The van der Waals surface area contributed by atoms with Gasteiger partial charge in [-0.2, -0.15) is 0 Å². The summed E-state index contributed by atoms with van der Waals surface area (Å²) >= 11 is 0. The zero-order valence-electron chi connectivity index (χ0n) is 21.5. The summed E-state index contributed by atoms with van der Waals surface area (Å²) in [5.74, 6) is -1.47. The van der Waals surface area contributed by atoms with Crippen molar-refractivity contribution >= 4 is 17.8 Å². The fourth-order valence-electron chi connectivity index (χ4n) is 3.78. The van der Waals surface area contributed by atoms with E-state index in [2.05, 4.69) is 24.1 Å². The molecule has 4 atom stereocenters. The number of nitrogens with zero attached hydrogens (tertiary/aromatic N) is 1. The van der Waals surface area contributed by atoms with E-state index in [4.69, 9.17) is 23.7 Å². The van der Waals surface area contributed by atoms with Crippen LogP contribution in [0.2, 0.25) is 0 Å². The average Bonchev–Trinajstić information content (AvgIpc) is 2.85. The number of cyclic esters (lactones) is 1. The Balaban J connectivity index is 2.22. The van der Waals surface area contributed by atoms with Crippen molar-refractivity contribution in [1.82, 2.24) is 10.3 Å². The summed E-state index contributed by atoms with van der Waals surface area (Å²) in [6.45, 7) is 10.2. The van der Waals surface area contributed by atoms with Gasteiger partial charge in [0.1, 0.15) is 18.2 Å². The summed E-state index contributed by atoms with van der Waals surface area (Å²) in [4.78, 5) is 41.7. The van der Waals surface area contributed by atoms with Crippen molar-refractivity contribution in [1.29, 1.82) is 0 Å². The van der Waals surface area contributed by atoms with Gasteiger partial charge in [0.05, 0.1) is 13.2 Å². The molecule has 1 aromatic heterocycles. The number of ether oxygens (including phenoxy) is 5. The lowest BCUT2D eigenvalue weighted by atomic mass is 10.0. The summed E-state index contributed by atoms with van der Waals surface area (Å²) in [5.41, 5.74) is -0.164. The van der Waals surface area contributed by atoms with Crippen LogP contribution in [0.4, 0.5) is 0 Å². The van der Waals surface area contributed by atoms with E-state index >= 15 is 0 Å². The van der Waals surface area contributed by atoms with Crippen LogP contribution in [0.15, 0.2) is 12.3 Å². The SMILES string of the molecule is CCCO[C@H]1[C@H](C)OC(=O)[C@@H](NC(=O)c2nccc(OC)c2OC(C)=O)CCC[C@@H]1OCC(C)C. The Morgan fingerprint density at radius 3 is 2.63 bits per heavy atom. The maximum Gasteiger partial charge on any atom is 0.329 e. The molecule has 0 aliphatic carbocycles. The molecule has 1 amide bonds. The van der Waals surface area contributed by atoms with Crippen molar-refractivity contribution < 1.29 is 38.1 Å². The van der Waals surface area contributed by atoms with E-state index in [1.165, 1.54) is 26.3 Å². The Labute approximate surface area is 207 Å². The van der Waals surface area contributed by atoms with Crippen LogP contribution in [-0.2, 0) is 23.8 Å². The topological polar surface area (TPSA) is 122 Å². The number of carbonyl (C=O) groups excluding carboxylic acids is 3. The number of aromatic nitrogens is 1. The Morgan fingerprint density at radius 1 is 1.26 bits per heavy atom. The van der Waals surface area contributed by atoms with Crippen LogP contribution >= 0.6 is 0 Å². The van der Waals surface area contributed by atoms with E-state index in [0.29, 0.717) is 38.4 Å². The highest BCUT2D eigenvalue weighted by molar-refractivity contribution is 5.98. The number of hydrogen-bond acceptors (Lipinski definition) is 9. The van der Waals surface area contributed by atoms with Crippen molar-refractivity contribution in [2.24, 2.45) is 5.92 Å². The Hall–Kier alpha value is -2.72. The van der Waals surface area contributed by atoms with Crippen molar-refractivity contribution in [3.8, 4) is 11.5 Å². The standard InChI is InChI=1S/C25H38N2O8/c1-7-13-32-22-16(4)34-25(30)18(9-8-10-20(22)33-14-15(2)3)27-24(29)21-23(35-17(5)28)19(31-6)11-12-26-21/h11-12,15-16,18,20,22H,7-10,13-14H2,1-6H3,(H,27,29)/t16-,18-,20-,22-/m0/s1. The first kappa shape index (κ1) is 28.5. The predicted octanol–water partition coefficient (Wildman–Crippen LogP) is 3.07. The van der Waals surface area contributed by atoms with Gasteiger partial charge in [0.25, 0.3) is 5.91 Å². The molecule has 0 radical (unpaired) electrons. The van der Waals surface area contributed by atoms with Crippen molar-refractivity contribution in [3.63, 3.8) is 0 Å². The molecule has 196 valence electrons. The van der Waals surface area contributed by atoms with E-state index in [-0.39, 0.29) is 23.3 Å². The number of esters is 2. The van der Waals surface area contributed by atoms with Crippen LogP contribution < -0.4 is 14.8 Å². The molecule has 0 aromatic carbocycles. The summed E-state index contributed by atoms with van der Waals surface area (Å²) in [6.07, 6.45) is 2.54. The molecule has 2 rings (SSSR count). The first-order valence-corrected chi connectivity index (χ1v) is 12.1. The Kier molecular flexibility index (Phi) is 11.4. The van der Waals surface area contributed by atoms with E-state index in [0.717, 1.165) is 6.42 Å². The van der Waals surface area contributed by atoms with Gasteiger partial charge in [-0.15, -0.1) is 0 Å². The van der Waals surface area contributed by atoms with Crippen LogP contribution in [0, 0.1) is 5.92 Å². The number of pyridine rings is 1. The molecule has 10 nitrogen and oxygen atoms in total. The normalized spacial score (nSPS) is 23.0. The fraction of sp³-hybridized carbons (Fsp3) is 0.680. The van der Waals surface area contributed by atoms with E-state index < -0.39 is 36.1 Å². The molecule has 0 spiro atoms. The Morgan fingerprint density at radius 2 is 2.00 bits per heavy atom. The van der Waals surface area contributed by atoms with E-state index in [1.54, 1.807) is 6.92 Å². The molecule has 10 heteroatoms. The van der Waals surface area contributed by atoms with Crippen LogP contribution in [0.25, 0.3) is 0 Å². The average molecular weight is 495 g/mol. The quantitative estimate of drug-likeness (QED) is 0.489. The molecule has 1 saturated heterocycles. The van der Waals surface area contributed by atoms with Gasteiger partial charge < -0.3 is 29.0 Å². The number of nitrogens with one attached hydrogen (secondary N) is 1. The molecule has 0 saturated carbocycles. The first-order chi connectivity index (χ1) is 16.7. The molecule has 1 aromatic rings. The molecular weight excluding hydrogens is 456 g/mol. The second-order valence-electron chi connectivity index (χ2n) is 8.98. The summed E-state index contributed by atoms with van der Waals surface area (Å²) < 4.78 is 28.2. The van der Waals surface area contributed by atoms with Crippen molar-refractivity contribution in [2.75, 3.05) is 20.3 Å². The lowest BCUT2D eigenvalue weighted by Gasteiger charge is -2.31. The molecule has 0 bridgehead atoms. The summed E-state index contributed by atoms with van der Waals surface area (Å²) in [5, 5.41) is 2.68. The number of methoxy groups -OCH3 is 1. The second kappa shape index (κ2) is 14.0. The molecule has 1 aliphatic heterocycles. The highest BCUT2D eigenvalue weighted by Crippen LogP contribution is 2.30. The summed E-state index contributed by atoms with van der Waals surface area (Å²) in [7, 11) is 1.38. The van der Waals surface area contributed by atoms with Gasteiger partial charge in [0.2, 0.25) is 5.75 Å². The van der Waals surface area contributed by atoms with Crippen LogP contribution in [-0.4, -0.2) is 67.5 Å². The third-order valence-electron chi connectivity index (χ3n) is 5.41. The molecule has 1 N–H and O–H groups in total. The minimum atomic E-state index is -0.918. The fourth-order valence-corrected chi connectivity index (χ4v) is 3.78. The van der Waals surface area contributed by atoms with Gasteiger partial charge in [-0.3, -0.25) is 9.59 Å². The third kappa shape index (κ3) is 8.47. The molecular formula is C25H38N2O8. The minimum absolute atomic E-state index is 0.111. The van der Waals surface area contributed by atoms with Gasteiger partial charge in [0.15, 0.2) is 11.4 Å². The molecule has 0 unspecified atom stereocenters. The molecule has 2 heterocycles. The monoisotopic (exact) mass is 494 g/mol. The Bertz CT molecular complexity index is 860. The first-order valence-electron chi connectivity index (χ1n) is 12.1. The maximum atomic E-state index is 13.1.